The summed E-state index contributed by atoms with van der Waals surface area (Å²) in [5, 5.41) is 16.3. The molecule has 248 valence electrons. The highest BCUT2D eigenvalue weighted by Crippen LogP contribution is 2.42. The van der Waals surface area contributed by atoms with E-state index in [0.29, 0.717) is 33.4 Å². The number of thioether (sulfide) groups is 1. The lowest BCUT2D eigenvalue weighted by atomic mass is 9.94. The Hall–Kier alpha value is -4.00. The number of amides is 2. The van der Waals surface area contributed by atoms with E-state index in [1.165, 1.54) is 30.2 Å². The normalized spacial score (nSPS) is 12.4. The van der Waals surface area contributed by atoms with E-state index in [9.17, 15) is 36.6 Å². The zero-order chi connectivity index (χ0) is 34.7. The van der Waals surface area contributed by atoms with Gasteiger partial charge in [-0.15, -0.1) is 11.8 Å². The maximum Gasteiger partial charge on any atom is 0.423 e. The summed E-state index contributed by atoms with van der Waals surface area (Å²) < 4.78 is 70.7. The first-order valence-corrected chi connectivity index (χ1v) is 16.4. The van der Waals surface area contributed by atoms with Crippen molar-refractivity contribution < 1.29 is 36.6 Å². The highest BCUT2D eigenvalue weighted by molar-refractivity contribution is 8.00. The summed E-state index contributed by atoms with van der Waals surface area (Å²) in [6.07, 6.45) is -2.76. The van der Waals surface area contributed by atoms with E-state index in [4.69, 9.17) is 11.6 Å². The van der Waals surface area contributed by atoms with Gasteiger partial charge in [0.05, 0.1) is 32.4 Å². The molecular formula is C31H27ClF5N5O3S2. The predicted molar refractivity (Wildman–Crippen MR) is 175 cm³/mol. The zero-order valence-corrected chi connectivity index (χ0v) is 27.6. The number of nitrogens with one attached hydrogen (secondary N) is 1. The second kappa shape index (κ2) is 14.4. The predicted octanol–water partition coefficient (Wildman–Crippen LogP) is 7.88. The molecule has 2 N–H and O–H groups in total. The minimum absolute atomic E-state index is 0.0680. The third-order valence-corrected chi connectivity index (χ3v) is 9.01. The summed E-state index contributed by atoms with van der Waals surface area (Å²) in [6.45, 7) is 2.20. The van der Waals surface area contributed by atoms with E-state index < -0.39 is 41.2 Å². The van der Waals surface area contributed by atoms with E-state index in [2.05, 4.69) is 27.2 Å². The van der Waals surface area contributed by atoms with Crippen molar-refractivity contribution in [1.29, 1.82) is 0 Å². The molecule has 1 atom stereocenters. The average molecular weight is 712 g/mol. The molecule has 4 aromatic rings. The molecule has 2 amide bonds. The van der Waals surface area contributed by atoms with Gasteiger partial charge < -0.3 is 10.4 Å². The van der Waals surface area contributed by atoms with Gasteiger partial charge >= 0.3 is 12.3 Å². The molecule has 0 fully saturated rings. The Morgan fingerprint density at radius 1 is 1.13 bits per heavy atom. The molecule has 2 aromatic heterocycles. The number of pyridine rings is 1. The van der Waals surface area contributed by atoms with Crippen molar-refractivity contribution in [2.45, 2.75) is 43.8 Å². The number of rotatable bonds is 10. The Balaban J connectivity index is 2.07. The largest absolute Gasteiger partial charge is 0.464 e. The van der Waals surface area contributed by atoms with Gasteiger partial charge in [-0.25, -0.2) is 22.9 Å². The number of carbonyl (C=O) groups excluding carboxylic acids is 1. The van der Waals surface area contributed by atoms with Gasteiger partial charge in [0, 0.05) is 23.4 Å². The topological polar surface area (TPSA) is 100 Å². The number of nitrogens with zero attached hydrogens (tertiary/aromatic N) is 4. The van der Waals surface area contributed by atoms with E-state index >= 15 is 0 Å². The molecule has 0 saturated heterocycles. The molecule has 0 spiro atoms. The molecule has 0 saturated carbocycles. The fourth-order valence-corrected chi connectivity index (χ4v) is 5.59. The highest BCUT2D eigenvalue weighted by Gasteiger charge is 2.34. The fourth-order valence-electron chi connectivity index (χ4n) is 4.75. The smallest absolute Gasteiger partial charge is 0.423 e. The van der Waals surface area contributed by atoms with Gasteiger partial charge in [0.2, 0.25) is 6.41 Å². The summed E-state index contributed by atoms with van der Waals surface area (Å²) in [5.74, 6) is 4.03. The van der Waals surface area contributed by atoms with Crippen LogP contribution in [-0.2, 0) is 17.8 Å². The number of hydrogen-bond donors (Lipinski definition) is 2. The molecule has 47 heavy (non-hydrogen) atoms. The summed E-state index contributed by atoms with van der Waals surface area (Å²) in [4.78, 5) is 28.6. The van der Waals surface area contributed by atoms with E-state index in [0.717, 1.165) is 12.1 Å². The van der Waals surface area contributed by atoms with Crippen LogP contribution in [0.1, 0.15) is 36.8 Å². The molecule has 1 unspecified atom stereocenters. The van der Waals surface area contributed by atoms with Gasteiger partial charge in [0.25, 0.3) is 0 Å². The molecule has 2 heterocycles. The lowest BCUT2D eigenvalue weighted by molar-refractivity contribution is -0.141. The molecule has 4 rings (SSSR count). The maximum atomic E-state index is 14.1. The van der Waals surface area contributed by atoms with Crippen LogP contribution in [0.5, 0.6) is 0 Å². The van der Waals surface area contributed by atoms with Crippen LogP contribution in [0.2, 0.25) is 5.02 Å². The number of benzene rings is 2. The summed E-state index contributed by atoms with van der Waals surface area (Å²) >= 11 is 8.68. The van der Waals surface area contributed by atoms with Crippen molar-refractivity contribution >= 4 is 64.5 Å². The van der Waals surface area contributed by atoms with E-state index in [-0.39, 0.29) is 56.2 Å². The zero-order valence-electron chi connectivity index (χ0n) is 25.2. The fraction of sp³-hybridized carbons (Fsp3) is 0.290. The van der Waals surface area contributed by atoms with Crippen molar-refractivity contribution in [1.82, 2.24) is 20.1 Å². The van der Waals surface area contributed by atoms with Gasteiger partial charge in [0.15, 0.2) is 5.82 Å². The van der Waals surface area contributed by atoms with Crippen LogP contribution >= 0.6 is 35.3 Å². The molecule has 0 aliphatic rings. The van der Waals surface area contributed by atoms with Crippen LogP contribution in [0.25, 0.3) is 22.0 Å². The Morgan fingerprint density at radius 2 is 1.79 bits per heavy atom. The summed E-state index contributed by atoms with van der Waals surface area (Å²) in [6, 6.07) is 7.70. The third kappa shape index (κ3) is 8.48. The van der Waals surface area contributed by atoms with Gasteiger partial charge in [-0.2, -0.15) is 18.3 Å². The number of carbonyl (C=O) groups is 2. The number of halogens is 6. The number of carboxylic acid groups (broad SMARTS) is 1. The van der Waals surface area contributed by atoms with Crippen LogP contribution in [0, 0.1) is 23.5 Å². The Labute approximate surface area is 280 Å². The Bertz CT molecular complexity index is 1870. The molecular weight excluding hydrogens is 685 g/mol. The molecule has 0 aliphatic heterocycles. The van der Waals surface area contributed by atoms with Gasteiger partial charge in [-0.1, -0.05) is 23.6 Å². The summed E-state index contributed by atoms with van der Waals surface area (Å²) in [5.41, 5.74) is 0.699. The van der Waals surface area contributed by atoms with Crippen LogP contribution in [0.4, 0.5) is 32.6 Å². The van der Waals surface area contributed by atoms with Crippen molar-refractivity contribution in [2.75, 3.05) is 16.8 Å². The number of fused-ring (bicyclic) bond motifs is 1. The first-order chi connectivity index (χ1) is 22.1. The van der Waals surface area contributed by atoms with Crippen LogP contribution in [0.15, 0.2) is 42.5 Å². The van der Waals surface area contributed by atoms with Crippen molar-refractivity contribution in [3.63, 3.8) is 0 Å². The van der Waals surface area contributed by atoms with Gasteiger partial charge in [-0.3, -0.25) is 9.48 Å². The monoisotopic (exact) mass is 711 g/mol. The minimum Gasteiger partial charge on any atom is -0.464 e. The molecule has 0 aliphatic carbocycles. The highest BCUT2D eigenvalue weighted by atomic mass is 35.5. The molecule has 2 aromatic carbocycles. The lowest BCUT2D eigenvalue weighted by Crippen LogP contribution is -2.24. The number of alkyl halides is 3. The molecule has 0 bridgehead atoms. The molecule has 16 heteroatoms. The summed E-state index contributed by atoms with van der Waals surface area (Å²) in [7, 11) is 0. The second-order valence-electron chi connectivity index (χ2n) is 10.6. The van der Waals surface area contributed by atoms with Gasteiger partial charge in [-0.05, 0) is 80.3 Å². The maximum absolute atomic E-state index is 14.1. The standard InChI is InChI=1S/C31H27ClF5N5O3S2/c1-30(2,46-3)10-9-20-5-6-21(26(39-20)24(38-16-43)13-17-11-18(33)14-19(34)12-17)22-7-8-23(32)25-27(22)41(15-31(35,36)37)40-28(25)42(47-4)29(44)45/h5-8,11-12,14,16,24H,13,15H2,1-4H3,(H,38,43)(H,44,45). The Morgan fingerprint density at radius 3 is 2.36 bits per heavy atom. The number of anilines is 1. The first-order valence-electron chi connectivity index (χ1n) is 13.6. The van der Waals surface area contributed by atoms with Crippen molar-refractivity contribution in [3.05, 3.63) is 76.1 Å². The SMILES string of the molecule is CSN(C(=O)O)c1nn(CC(F)(F)F)c2c(-c3ccc(C#CC(C)(C)SC)nc3C(Cc3cc(F)cc(F)c3)NC=O)ccc(Cl)c12. The van der Waals surface area contributed by atoms with Crippen molar-refractivity contribution in [3.8, 4) is 23.0 Å². The molecule has 0 radical (unpaired) electrons. The third-order valence-electron chi connectivity index (χ3n) is 6.88. The van der Waals surface area contributed by atoms with E-state index in [1.54, 1.807) is 12.1 Å². The average Bonchev–Trinajstić information content (AvgIpc) is 3.33. The van der Waals surface area contributed by atoms with Crippen LogP contribution in [0.3, 0.4) is 0 Å². The quantitative estimate of drug-likeness (QED) is 0.0748. The lowest BCUT2D eigenvalue weighted by Gasteiger charge is -2.21. The van der Waals surface area contributed by atoms with E-state index in [1.807, 2.05) is 20.1 Å². The van der Waals surface area contributed by atoms with Crippen molar-refractivity contribution in [2.24, 2.45) is 0 Å². The first kappa shape index (κ1) is 35.8. The van der Waals surface area contributed by atoms with Crippen LogP contribution in [-0.4, -0.2) is 55.8 Å². The Kier molecular flexibility index (Phi) is 11.0. The molecule has 8 nitrogen and oxygen atoms in total. The van der Waals surface area contributed by atoms with Crippen LogP contribution < -0.4 is 9.62 Å². The second-order valence-corrected chi connectivity index (χ2v) is 13.2. The minimum atomic E-state index is -4.77. The number of hydrogen-bond acceptors (Lipinski definition) is 6. The van der Waals surface area contributed by atoms with Gasteiger partial charge in [0.1, 0.15) is 23.9 Å². The number of aromatic nitrogens is 3.